The van der Waals surface area contributed by atoms with E-state index >= 15 is 0 Å². The monoisotopic (exact) mass is 239 g/mol. The molecule has 1 aromatic heterocycles. The Kier molecular flexibility index (Phi) is 3.50. The van der Waals surface area contributed by atoms with Crippen molar-refractivity contribution < 1.29 is 0 Å². The second-order valence-corrected chi connectivity index (χ2v) is 4.81. The maximum absolute atomic E-state index is 5.37. The molecule has 0 radical (unpaired) electrons. The van der Waals surface area contributed by atoms with Crippen molar-refractivity contribution in [2.75, 3.05) is 17.0 Å². The topological polar surface area (TPSA) is 75.9 Å². The molecule has 0 aliphatic heterocycles. The smallest absolute Gasteiger partial charge is 0.191 e. The minimum absolute atomic E-state index is 0.468. The Labute approximate surface area is 99.6 Å². The number of hydrogen-bond acceptors (Lipinski definition) is 6. The molecule has 0 aromatic carbocycles. The highest BCUT2D eigenvalue weighted by molar-refractivity contribution is 7.98. The number of nitrogens with two attached hydrogens (primary N) is 1. The molecule has 1 atom stereocenters. The van der Waals surface area contributed by atoms with Gasteiger partial charge in [0, 0.05) is 12.1 Å². The average molecular weight is 239 g/mol. The van der Waals surface area contributed by atoms with E-state index in [2.05, 4.69) is 27.6 Å². The van der Waals surface area contributed by atoms with Crippen LogP contribution in [0.15, 0.2) is 11.2 Å². The van der Waals surface area contributed by atoms with Crippen molar-refractivity contribution in [3.63, 3.8) is 0 Å². The predicted molar refractivity (Wildman–Crippen MR) is 67.4 cm³/mol. The lowest BCUT2D eigenvalue weighted by Gasteiger charge is -2.14. The van der Waals surface area contributed by atoms with Crippen molar-refractivity contribution in [2.45, 2.75) is 31.0 Å². The minimum Gasteiger partial charge on any atom is -0.367 e. The first kappa shape index (κ1) is 11.5. The van der Waals surface area contributed by atoms with Crippen molar-refractivity contribution in [3.8, 4) is 0 Å². The number of anilines is 2. The first-order valence-electron chi connectivity index (χ1n) is 5.39. The molecule has 4 N–H and O–H groups in total. The molecular formula is C10H17N5S. The lowest BCUT2D eigenvalue weighted by Crippen LogP contribution is -2.19. The number of aromatic nitrogens is 2. The Morgan fingerprint density at radius 1 is 1.44 bits per heavy atom. The number of nitrogen functional groups attached to an aromatic ring is 1. The summed E-state index contributed by atoms with van der Waals surface area (Å²) in [4.78, 5) is 8.61. The molecule has 1 heterocycles. The molecule has 2 rings (SSSR count). The minimum atomic E-state index is 0.468. The van der Waals surface area contributed by atoms with Gasteiger partial charge in [-0.05, 0) is 31.9 Å². The summed E-state index contributed by atoms with van der Waals surface area (Å²) in [5, 5.41) is 4.12. The van der Waals surface area contributed by atoms with Gasteiger partial charge in [0.25, 0.3) is 0 Å². The van der Waals surface area contributed by atoms with Gasteiger partial charge in [-0.15, -0.1) is 0 Å². The number of thioether (sulfide) groups is 1. The summed E-state index contributed by atoms with van der Waals surface area (Å²) in [6, 6.07) is 2.30. The zero-order valence-corrected chi connectivity index (χ0v) is 10.3. The van der Waals surface area contributed by atoms with Crippen LogP contribution in [0.5, 0.6) is 0 Å². The highest BCUT2D eigenvalue weighted by atomic mass is 32.2. The standard InChI is InChI=1S/C10H17N5S/c1-6(7-3-4-7)12-8-5-9(15-11)14-10(13-8)16-2/h5-7H,3-4,11H2,1-2H3,(H2,12,13,14,15). The molecule has 1 aliphatic rings. The van der Waals surface area contributed by atoms with Crippen LogP contribution in [0, 0.1) is 5.92 Å². The van der Waals surface area contributed by atoms with Crippen LogP contribution in [0.3, 0.4) is 0 Å². The van der Waals surface area contributed by atoms with E-state index in [4.69, 9.17) is 5.84 Å². The third kappa shape index (κ3) is 2.76. The fourth-order valence-electron chi connectivity index (χ4n) is 1.61. The van der Waals surface area contributed by atoms with E-state index in [1.165, 1.54) is 24.6 Å². The van der Waals surface area contributed by atoms with Gasteiger partial charge in [0.2, 0.25) is 0 Å². The molecule has 6 heteroatoms. The number of rotatable bonds is 5. The van der Waals surface area contributed by atoms with Crippen molar-refractivity contribution in [3.05, 3.63) is 6.07 Å². The molecular weight excluding hydrogens is 222 g/mol. The summed E-state index contributed by atoms with van der Waals surface area (Å²) in [5.41, 5.74) is 2.56. The van der Waals surface area contributed by atoms with Gasteiger partial charge in [-0.1, -0.05) is 11.8 Å². The van der Waals surface area contributed by atoms with Gasteiger partial charge in [0.1, 0.15) is 11.6 Å². The number of hydrazine groups is 1. The molecule has 1 fully saturated rings. The lowest BCUT2D eigenvalue weighted by molar-refractivity contribution is 0.688. The van der Waals surface area contributed by atoms with Crippen LogP contribution < -0.4 is 16.6 Å². The predicted octanol–water partition coefficient (Wildman–Crippen LogP) is 1.69. The summed E-state index contributed by atoms with van der Waals surface area (Å²) in [6.07, 6.45) is 4.58. The fourth-order valence-corrected chi connectivity index (χ4v) is 1.99. The van der Waals surface area contributed by atoms with Crippen LogP contribution in [0.25, 0.3) is 0 Å². The van der Waals surface area contributed by atoms with Crippen LogP contribution in [0.1, 0.15) is 19.8 Å². The largest absolute Gasteiger partial charge is 0.367 e. The van der Waals surface area contributed by atoms with Gasteiger partial charge in [-0.3, -0.25) is 0 Å². The molecule has 5 nitrogen and oxygen atoms in total. The average Bonchev–Trinajstić information content (AvgIpc) is 3.12. The van der Waals surface area contributed by atoms with E-state index in [9.17, 15) is 0 Å². The van der Waals surface area contributed by atoms with E-state index in [0.29, 0.717) is 11.9 Å². The van der Waals surface area contributed by atoms with Crippen molar-refractivity contribution in [1.29, 1.82) is 0 Å². The van der Waals surface area contributed by atoms with Crippen LogP contribution in [0.4, 0.5) is 11.6 Å². The number of nitrogens with zero attached hydrogens (tertiary/aromatic N) is 2. The molecule has 1 saturated carbocycles. The SMILES string of the molecule is CSc1nc(NN)cc(NC(C)C2CC2)n1. The van der Waals surface area contributed by atoms with Gasteiger partial charge in [-0.25, -0.2) is 15.8 Å². The van der Waals surface area contributed by atoms with Gasteiger partial charge in [-0.2, -0.15) is 0 Å². The Morgan fingerprint density at radius 3 is 2.69 bits per heavy atom. The third-order valence-corrected chi connectivity index (χ3v) is 3.29. The van der Waals surface area contributed by atoms with E-state index < -0.39 is 0 Å². The quantitative estimate of drug-likeness (QED) is 0.314. The first-order chi connectivity index (χ1) is 7.72. The Hall–Kier alpha value is -1.01. The van der Waals surface area contributed by atoms with Crippen LogP contribution in [-0.4, -0.2) is 22.3 Å². The normalized spacial score (nSPS) is 16.9. The Balaban J connectivity index is 2.11. The van der Waals surface area contributed by atoms with Gasteiger partial charge in [0.05, 0.1) is 0 Å². The van der Waals surface area contributed by atoms with Crippen molar-refractivity contribution in [2.24, 2.45) is 11.8 Å². The fraction of sp³-hybridized carbons (Fsp3) is 0.600. The highest BCUT2D eigenvalue weighted by Crippen LogP contribution is 2.34. The summed E-state index contributed by atoms with van der Waals surface area (Å²) in [7, 11) is 0. The zero-order valence-electron chi connectivity index (χ0n) is 9.53. The van der Waals surface area contributed by atoms with Gasteiger partial charge < -0.3 is 10.7 Å². The van der Waals surface area contributed by atoms with Gasteiger partial charge in [0.15, 0.2) is 5.16 Å². The van der Waals surface area contributed by atoms with Crippen LogP contribution in [-0.2, 0) is 0 Å². The zero-order chi connectivity index (χ0) is 11.5. The summed E-state index contributed by atoms with van der Waals surface area (Å²) < 4.78 is 0. The summed E-state index contributed by atoms with van der Waals surface area (Å²) in [6.45, 7) is 2.19. The second kappa shape index (κ2) is 4.88. The molecule has 0 bridgehead atoms. The Bertz CT molecular complexity index is 344. The molecule has 1 unspecified atom stereocenters. The highest BCUT2D eigenvalue weighted by Gasteiger charge is 2.28. The van der Waals surface area contributed by atoms with E-state index in [1.807, 2.05) is 12.3 Å². The molecule has 88 valence electrons. The Morgan fingerprint density at radius 2 is 2.12 bits per heavy atom. The van der Waals surface area contributed by atoms with Crippen LogP contribution in [0.2, 0.25) is 0 Å². The first-order valence-corrected chi connectivity index (χ1v) is 6.61. The molecule has 0 spiro atoms. The maximum Gasteiger partial charge on any atom is 0.191 e. The van der Waals surface area contributed by atoms with Crippen molar-refractivity contribution >= 4 is 23.4 Å². The van der Waals surface area contributed by atoms with Crippen LogP contribution >= 0.6 is 11.8 Å². The van der Waals surface area contributed by atoms with E-state index in [0.717, 1.165) is 16.9 Å². The van der Waals surface area contributed by atoms with Crippen molar-refractivity contribution in [1.82, 2.24) is 9.97 Å². The third-order valence-electron chi connectivity index (χ3n) is 2.74. The molecule has 0 amide bonds. The number of nitrogens with one attached hydrogen (secondary N) is 2. The molecule has 1 aromatic rings. The number of hydrogen-bond donors (Lipinski definition) is 3. The second-order valence-electron chi connectivity index (χ2n) is 4.04. The molecule has 1 aliphatic carbocycles. The molecule has 16 heavy (non-hydrogen) atoms. The maximum atomic E-state index is 5.37. The lowest BCUT2D eigenvalue weighted by atomic mass is 10.2. The summed E-state index contributed by atoms with van der Waals surface area (Å²) in [5.74, 6) is 7.64. The molecule has 0 saturated heterocycles. The summed E-state index contributed by atoms with van der Waals surface area (Å²) >= 11 is 1.51. The van der Waals surface area contributed by atoms with Gasteiger partial charge >= 0.3 is 0 Å². The van der Waals surface area contributed by atoms with E-state index in [1.54, 1.807) is 0 Å². The van der Waals surface area contributed by atoms with E-state index in [-0.39, 0.29) is 0 Å².